The average Bonchev–Trinajstić information content (AvgIpc) is 2.90. The van der Waals surface area contributed by atoms with Crippen LogP contribution in [0.2, 0.25) is 0 Å². The van der Waals surface area contributed by atoms with Crippen molar-refractivity contribution in [3.63, 3.8) is 0 Å². The average molecular weight is 453 g/mol. The molecule has 0 atom stereocenters. The Morgan fingerprint density at radius 1 is 0.457 bits per heavy atom. The number of aromatic hydroxyl groups is 2. The fourth-order valence-corrected chi connectivity index (χ4v) is 5.10. The predicted octanol–water partition coefficient (Wildman–Crippen LogP) is 8.71. The van der Waals surface area contributed by atoms with Gasteiger partial charge in [-0.1, -0.05) is 103 Å². The van der Waals surface area contributed by atoms with Gasteiger partial charge in [-0.05, 0) is 57.3 Å². The Kier molecular flexibility index (Phi) is 5.00. The first-order chi connectivity index (χ1) is 17.1. The Labute approximate surface area is 204 Å². The molecular formula is C33H24O2. The Hall–Kier alpha value is -4.56. The molecular weight excluding hydrogens is 428 g/mol. The molecule has 35 heavy (non-hydrogen) atoms. The second-order valence-corrected chi connectivity index (χ2v) is 8.92. The van der Waals surface area contributed by atoms with Crippen molar-refractivity contribution < 1.29 is 10.2 Å². The first kappa shape index (κ1) is 21.0. The Bertz CT molecular complexity index is 1720. The number of hydrogen-bond donors (Lipinski definition) is 2. The van der Waals surface area contributed by atoms with Crippen molar-refractivity contribution in [1.82, 2.24) is 0 Å². The lowest BCUT2D eigenvalue weighted by atomic mass is 9.86. The third kappa shape index (κ3) is 3.43. The van der Waals surface area contributed by atoms with Crippen LogP contribution >= 0.6 is 0 Å². The largest absolute Gasteiger partial charge is 0.507 e. The van der Waals surface area contributed by atoms with Gasteiger partial charge in [-0.25, -0.2) is 0 Å². The van der Waals surface area contributed by atoms with E-state index < -0.39 is 0 Å². The van der Waals surface area contributed by atoms with Gasteiger partial charge in [0.05, 0.1) is 0 Å². The van der Waals surface area contributed by atoms with Gasteiger partial charge < -0.3 is 10.2 Å². The summed E-state index contributed by atoms with van der Waals surface area (Å²) in [5.41, 5.74) is 5.76. The summed E-state index contributed by atoms with van der Waals surface area (Å²) in [6, 6.07) is 38.1. The number of phenolic OH excluding ortho intramolecular Hbond substituents is 2. The van der Waals surface area contributed by atoms with E-state index in [-0.39, 0.29) is 11.5 Å². The summed E-state index contributed by atoms with van der Waals surface area (Å²) in [7, 11) is 0. The third-order valence-electron chi connectivity index (χ3n) is 6.81. The highest BCUT2D eigenvalue weighted by Gasteiger charge is 2.23. The van der Waals surface area contributed by atoms with Gasteiger partial charge >= 0.3 is 0 Å². The molecule has 0 radical (unpaired) electrons. The van der Waals surface area contributed by atoms with E-state index in [1.807, 2.05) is 110 Å². The van der Waals surface area contributed by atoms with Crippen LogP contribution in [-0.4, -0.2) is 10.2 Å². The van der Waals surface area contributed by atoms with E-state index in [0.717, 1.165) is 49.4 Å². The molecule has 0 aliphatic carbocycles. The smallest absolute Gasteiger partial charge is 0.132 e. The number of benzene rings is 6. The first-order valence-corrected chi connectivity index (χ1v) is 11.7. The molecule has 0 aliphatic rings. The quantitative estimate of drug-likeness (QED) is 0.282. The molecule has 0 spiro atoms. The summed E-state index contributed by atoms with van der Waals surface area (Å²) in [4.78, 5) is 0. The van der Waals surface area contributed by atoms with E-state index in [9.17, 15) is 10.2 Å². The molecule has 0 amide bonds. The molecule has 0 saturated carbocycles. The minimum absolute atomic E-state index is 0.164. The summed E-state index contributed by atoms with van der Waals surface area (Å²) in [5, 5.41) is 27.4. The van der Waals surface area contributed by atoms with Crippen molar-refractivity contribution in [1.29, 1.82) is 0 Å². The van der Waals surface area contributed by atoms with E-state index in [1.165, 1.54) is 0 Å². The third-order valence-corrected chi connectivity index (χ3v) is 6.81. The van der Waals surface area contributed by atoms with Gasteiger partial charge in [0.1, 0.15) is 11.5 Å². The van der Waals surface area contributed by atoms with Crippen LogP contribution in [0, 0.1) is 6.92 Å². The van der Waals surface area contributed by atoms with Gasteiger partial charge in [0.15, 0.2) is 0 Å². The van der Waals surface area contributed by atoms with Crippen LogP contribution in [0.25, 0.3) is 54.9 Å². The topological polar surface area (TPSA) is 40.5 Å². The molecule has 2 nitrogen and oxygen atoms in total. The first-order valence-electron chi connectivity index (χ1n) is 11.7. The fourth-order valence-electron chi connectivity index (χ4n) is 5.10. The molecule has 6 aromatic rings. The van der Waals surface area contributed by atoms with Gasteiger partial charge in [-0.2, -0.15) is 0 Å². The van der Waals surface area contributed by atoms with E-state index in [2.05, 4.69) is 12.1 Å². The zero-order chi connectivity index (χ0) is 23.9. The minimum Gasteiger partial charge on any atom is -0.507 e. The number of aryl methyl sites for hydroxylation is 1. The number of fused-ring (bicyclic) bond motifs is 2. The second-order valence-electron chi connectivity index (χ2n) is 8.92. The van der Waals surface area contributed by atoms with Gasteiger partial charge in [0.2, 0.25) is 0 Å². The van der Waals surface area contributed by atoms with E-state index >= 15 is 0 Å². The molecule has 6 rings (SSSR count). The van der Waals surface area contributed by atoms with Crippen molar-refractivity contribution in [2.45, 2.75) is 6.92 Å². The SMILES string of the molecule is Cc1ccccc1-c1cc2ccccc2c(-c2c(O)c(-c3ccccc3)cc3ccccc23)c1O. The molecule has 0 aromatic heterocycles. The zero-order valence-electron chi connectivity index (χ0n) is 19.4. The van der Waals surface area contributed by atoms with Crippen LogP contribution in [-0.2, 0) is 0 Å². The molecule has 168 valence electrons. The fraction of sp³-hybridized carbons (Fsp3) is 0.0303. The van der Waals surface area contributed by atoms with E-state index in [0.29, 0.717) is 11.1 Å². The zero-order valence-corrected chi connectivity index (χ0v) is 19.4. The van der Waals surface area contributed by atoms with Gasteiger partial charge in [-0.3, -0.25) is 0 Å². The van der Waals surface area contributed by atoms with E-state index in [4.69, 9.17) is 0 Å². The molecule has 0 aliphatic heterocycles. The Morgan fingerprint density at radius 2 is 0.943 bits per heavy atom. The summed E-state index contributed by atoms with van der Waals surface area (Å²) in [6.45, 7) is 2.05. The molecule has 2 N–H and O–H groups in total. The van der Waals surface area contributed by atoms with Crippen LogP contribution < -0.4 is 0 Å². The van der Waals surface area contributed by atoms with Crippen LogP contribution in [0.4, 0.5) is 0 Å². The maximum atomic E-state index is 11.9. The van der Waals surface area contributed by atoms with E-state index in [1.54, 1.807) is 0 Å². The van der Waals surface area contributed by atoms with Crippen molar-refractivity contribution in [3.05, 3.63) is 121 Å². The van der Waals surface area contributed by atoms with Crippen molar-refractivity contribution in [2.75, 3.05) is 0 Å². The molecule has 0 unspecified atom stereocenters. The van der Waals surface area contributed by atoms with Crippen LogP contribution in [0.5, 0.6) is 11.5 Å². The normalized spacial score (nSPS) is 11.2. The molecule has 0 fully saturated rings. The van der Waals surface area contributed by atoms with Crippen molar-refractivity contribution in [3.8, 4) is 44.9 Å². The van der Waals surface area contributed by atoms with Gasteiger partial charge in [0.25, 0.3) is 0 Å². The molecule has 6 aromatic carbocycles. The van der Waals surface area contributed by atoms with Crippen molar-refractivity contribution >= 4 is 21.5 Å². The van der Waals surface area contributed by atoms with Crippen LogP contribution in [0.1, 0.15) is 5.56 Å². The number of hydrogen-bond acceptors (Lipinski definition) is 2. The highest BCUT2D eigenvalue weighted by Crippen LogP contribution is 2.51. The lowest BCUT2D eigenvalue weighted by molar-refractivity contribution is 0.472. The maximum Gasteiger partial charge on any atom is 0.132 e. The standard InChI is InChI=1S/C33H24O2/c1-21-11-5-8-16-25(21)29-20-24-15-7-10-18-27(24)31(33(29)35)30-26-17-9-6-14-23(26)19-28(32(30)34)22-12-3-2-4-13-22/h2-20,34-35H,1H3. The van der Waals surface area contributed by atoms with Crippen LogP contribution in [0.3, 0.4) is 0 Å². The number of rotatable bonds is 3. The van der Waals surface area contributed by atoms with Gasteiger partial charge in [0, 0.05) is 22.3 Å². The highest BCUT2D eigenvalue weighted by molar-refractivity contribution is 6.14. The van der Waals surface area contributed by atoms with Crippen LogP contribution in [0.15, 0.2) is 115 Å². The minimum atomic E-state index is 0.164. The lowest BCUT2D eigenvalue weighted by Gasteiger charge is -2.20. The lowest BCUT2D eigenvalue weighted by Crippen LogP contribution is -1.92. The highest BCUT2D eigenvalue weighted by atomic mass is 16.3. The summed E-state index contributed by atoms with van der Waals surface area (Å²) in [5.74, 6) is 0.334. The number of phenols is 2. The molecule has 2 heteroatoms. The van der Waals surface area contributed by atoms with Crippen molar-refractivity contribution in [2.24, 2.45) is 0 Å². The summed E-state index contributed by atoms with van der Waals surface area (Å²) in [6.07, 6.45) is 0. The summed E-state index contributed by atoms with van der Waals surface area (Å²) < 4.78 is 0. The second kappa shape index (κ2) is 8.34. The monoisotopic (exact) mass is 452 g/mol. The molecule has 0 heterocycles. The summed E-state index contributed by atoms with van der Waals surface area (Å²) >= 11 is 0. The maximum absolute atomic E-state index is 11.9. The molecule has 0 saturated heterocycles. The Balaban J connectivity index is 1.79. The van der Waals surface area contributed by atoms with Gasteiger partial charge in [-0.15, -0.1) is 0 Å². The predicted molar refractivity (Wildman–Crippen MR) is 146 cm³/mol. The Morgan fingerprint density at radius 3 is 1.57 bits per heavy atom. The molecule has 0 bridgehead atoms.